The highest BCUT2D eigenvalue weighted by molar-refractivity contribution is 5.54. The minimum atomic E-state index is -0.455. The Morgan fingerprint density at radius 2 is 2.10 bits per heavy atom. The molecule has 1 rings (SSSR count). The summed E-state index contributed by atoms with van der Waals surface area (Å²) in [6.45, 7) is 5.31. The Bertz CT molecular complexity index is 449. The molecular weight excluding hydrogens is 260 g/mol. The van der Waals surface area contributed by atoms with E-state index in [0.717, 1.165) is 12.8 Å². The van der Waals surface area contributed by atoms with Gasteiger partial charge in [0, 0.05) is 19.7 Å². The van der Waals surface area contributed by atoms with Gasteiger partial charge in [-0.1, -0.05) is 13.8 Å². The van der Waals surface area contributed by atoms with Gasteiger partial charge in [0.25, 0.3) is 5.69 Å². The van der Waals surface area contributed by atoms with Crippen molar-refractivity contribution in [2.45, 2.75) is 32.7 Å². The predicted molar refractivity (Wildman–Crippen MR) is 78.9 cm³/mol. The highest BCUT2D eigenvalue weighted by Crippen LogP contribution is 2.25. The maximum atomic E-state index is 10.9. The van der Waals surface area contributed by atoms with Crippen LogP contribution in [0.4, 0.5) is 17.3 Å². The van der Waals surface area contributed by atoms with Crippen molar-refractivity contribution in [2.24, 2.45) is 0 Å². The molecule has 0 atom stereocenters. The van der Waals surface area contributed by atoms with E-state index in [-0.39, 0.29) is 17.5 Å². The molecule has 7 heteroatoms. The Kier molecular flexibility index (Phi) is 6.17. The largest absolute Gasteiger partial charge is 0.383 e. The van der Waals surface area contributed by atoms with E-state index in [1.165, 1.54) is 12.1 Å². The number of methoxy groups -OCH3 is 1. The molecule has 0 bridgehead atoms. The van der Waals surface area contributed by atoms with Crippen LogP contribution in [0.5, 0.6) is 0 Å². The van der Waals surface area contributed by atoms with Crippen LogP contribution in [0.25, 0.3) is 0 Å². The molecule has 1 heterocycles. The van der Waals surface area contributed by atoms with Gasteiger partial charge in [0.1, 0.15) is 11.6 Å². The molecule has 0 aliphatic rings. The highest BCUT2D eigenvalue weighted by Gasteiger charge is 2.20. The summed E-state index contributed by atoms with van der Waals surface area (Å²) in [5.41, 5.74) is 5.63. The third-order valence-corrected chi connectivity index (χ3v) is 3.24. The molecule has 0 aromatic carbocycles. The summed E-state index contributed by atoms with van der Waals surface area (Å²) in [6.07, 6.45) is 1.84. The summed E-state index contributed by atoms with van der Waals surface area (Å²) in [5, 5.41) is 10.9. The lowest BCUT2D eigenvalue weighted by molar-refractivity contribution is -0.384. The third-order valence-electron chi connectivity index (χ3n) is 3.24. The van der Waals surface area contributed by atoms with Crippen LogP contribution in [-0.4, -0.2) is 36.2 Å². The third kappa shape index (κ3) is 4.06. The molecule has 0 unspecified atom stereocenters. The van der Waals surface area contributed by atoms with Crippen LogP contribution in [0.3, 0.4) is 0 Å². The smallest absolute Gasteiger partial charge is 0.276 e. The van der Waals surface area contributed by atoms with E-state index in [0.29, 0.717) is 19.0 Å². The zero-order valence-electron chi connectivity index (χ0n) is 12.2. The van der Waals surface area contributed by atoms with Gasteiger partial charge in [-0.3, -0.25) is 10.1 Å². The fourth-order valence-electron chi connectivity index (χ4n) is 2.18. The van der Waals surface area contributed by atoms with Gasteiger partial charge in [0.05, 0.1) is 23.7 Å². The van der Waals surface area contributed by atoms with E-state index < -0.39 is 4.92 Å². The van der Waals surface area contributed by atoms with Gasteiger partial charge in [0.15, 0.2) is 0 Å². The van der Waals surface area contributed by atoms with Crippen LogP contribution in [-0.2, 0) is 4.74 Å². The van der Waals surface area contributed by atoms with Gasteiger partial charge >= 0.3 is 0 Å². The fraction of sp³-hybridized carbons (Fsp3) is 0.615. The summed E-state index contributed by atoms with van der Waals surface area (Å²) >= 11 is 0. The molecule has 0 aliphatic heterocycles. The van der Waals surface area contributed by atoms with Crippen LogP contribution in [0.2, 0.25) is 0 Å². The van der Waals surface area contributed by atoms with Gasteiger partial charge in [-0.25, -0.2) is 4.98 Å². The number of rotatable bonds is 8. The van der Waals surface area contributed by atoms with Crippen LogP contribution < -0.4 is 10.6 Å². The summed E-state index contributed by atoms with van der Waals surface area (Å²) in [7, 11) is 1.63. The van der Waals surface area contributed by atoms with E-state index in [1.54, 1.807) is 7.11 Å². The molecule has 7 nitrogen and oxygen atoms in total. The molecule has 0 aliphatic carbocycles. The van der Waals surface area contributed by atoms with E-state index in [4.69, 9.17) is 10.5 Å². The second-order valence-electron chi connectivity index (χ2n) is 4.52. The average Bonchev–Trinajstić information content (AvgIpc) is 2.42. The molecule has 0 saturated carbocycles. The summed E-state index contributed by atoms with van der Waals surface area (Å²) in [6, 6.07) is 2.98. The van der Waals surface area contributed by atoms with Gasteiger partial charge < -0.3 is 15.4 Å². The monoisotopic (exact) mass is 282 g/mol. The van der Waals surface area contributed by atoms with Gasteiger partial charge in [0.2, 0.25) is 0 Å². The van der Waals surface area contributed by atoms with Gasteiger partial charge in [-0.15, -0.1) is 0 Å². The second kappa shape index (κ2) is 7.64. The van der Waals surface area contributed by atoms with Gasteiger partial charge in [-0.05, 0) is 12.8 Å². The molecule has 0 spiro atoms. The van der Waals surface area contributed by atoms with Crippen LogP contribution >= 0.6 is 0 Å². The Morgan fingerprint density at radius 1 is 1.45 bits per heavy atom. The zero-order chi connectivity index (χ0) is 15.1. The Hall–Kier alpha value is -1.89. The number of hydrogen-bond donors (Lipinski definition) is 1. The number of nitrogens with two attached hydrogens (primary N) is 1. The Balaban J connectivity index is 3.14. The van der Waals surface area contributed by atoms with Crippen molar-refractivity contribution >= 4 is 17.3 Å². The Labute approximate surface area is 118 Å². The van der Waals surface area contributed by atoms with E-state index >= 15 is 0 Å². The lowest BCUT2D eigenvalue weighted by atomic mass is 10.1. The molecule has 1 aromatic heterocycles. The van der Waals surface area contributed by atoms with Crippen LogP contribution in [0, 0.1) is 10.1 Å². The summed E-state index contributed by atoms with van der Waals surface area (Å²) < 4.78 is 5.11. The number of hydrogen-bond acceptors (Lipinski definition) is 6. The molecular formula is C13H22N4O3. The number of aromatic nitrogens is 1. The molecule has 20 heavy (non-hydrogen) atoms. The molecule has 0 radical (unpaired) electrons. The first-order valence-electron chi connectivity index (χ1n) is 6.71. The number of nitrogen functional groups attached to an aromatic ring is 1. The van der Waals surface area contributed by atoms with Crippen LogP contribution in [0.15, 0.2) is 12.1 Å². The number of anilines is 2. The normalized spacial score (nSPS) is 10.8. The van der Waals surface area contributed by atoms with Crippen molar-refractivity contribution in [2.75, 3.05) is 30.9 Å². The van der Waals surface area contributed by atoms with Crippen molar-refractivity contribution in [3.63, 3.8) is 0 Å². The topological polar surface area (TPSA) is 94.5 Å². The van der Waals surface area contributed by atoms with Crippen molar-refractivity contribution in [1.29, 1.82) is 0 Å². The second-order valence-corrected chi connectivity index (χ2v) is 4.52. The molecule has 1 aromatic rings. The quantitative estimate of drug-likeness (QED) is 0.580. The SMILES string of the molecule is CCC(CC)N(CCOC)c1cc([N+](=O)[O-])cc(N)n1. The predicted octanol–water partition coefficient (Wildman–Crippen LogP) is 2.21. The zero-order valence-corrected chi connectivity index (χ0v) is 12.2. The molecule has 0 amide bonds. The van der Waals surface area contributed by atoms with Crippen molar-refractivity contribution in [1.82, 2.24) is 4.98 Å². The minimum absolute atomic E-state index is 0.0409. The number of nitrogens with zero attached hydrogens (tertiary/aromatic N) is 3. The summed E-state index contributed by atoms with van der Waals surface area (Å²) in [4.78, 5) is 16.7. The standard InChI is InChI=1S/C13H22N4O3/c1-4-10(5-2)16(6-7-20-3)13-9-11(17(18)19)8-12(14)15-13/h8-10H,4-7H2,1-3H3,(H2,14,15). The first kappa shape index (κ1) is 16.2. The Morgan fingerprint density at radius 3 is 2.60 bits per heavy atom. The van der Waals surface area contributed by atoms with Crippen molar-refractivity contribution in [3.8, 4) is 0 Å². The minimum Gasteiger partial charge on any atom is -0.383 e. The van der Waals surface area contributed by atoms with E-state index in [9.17, 15) is 10.1 Å². The molecule has 2 N–H and O–H groups in total. The number of ether oxygens (including phenoxy) is 1. The number of pyridine rings is 1. The average molecular weight is 282 g/mol. The molecule has 112 valence electrons. The maximum Gasteiger partial charge on any atom is 0.276 e. The summed E-state index contributed by atoms with van der Waals surface area (Å²) in [5.74, 6) is 0.685. The first-order chi connectivity index (χ1) is 9.53. The van der Waals surface area contributed by atoms with Crippen molar-refractivity contribution in [3.05, 3.63) is 22.2 Å². The maximum absolute atomic E-state index is 10.9. The lowest BCUT2D eigenvalue weighted by Gasteiger charge is -2.31. The molecule has 0 fully saturated rings. The first-order valence-corrected chi connectivity index (χ1v) is 6.71. The molecule has 0 saturated heterocycles. The van der Waals surface area contributed by atoms with Crippen molar-refractivity contribution < 1.29 is 9.66 Å². The van der Waals surface area contributed by atoms with E-state index in [2.05, 4.69) is 18.8 Å². The van der Waals surface area contributed by atoms with Crippen LogP contribution in [0.1, 0.15) is 26.7 Å². The lowest BCUT2D eigenvalue weighted by Crippen LogP contribution is -2.37. The van der Waals surface area contributed by atoms with E-state index in [1.807, 2.05) is 4.90 Å². The van der Waals surface area contributed by atoms with Gasteiger partial charge in [-0.2, -0.15) is 0 Å². The fourth-order valence-corrected chi connectivity index (χ4v) is 2.18. The highest BCUT2D eigenvalue weighted by atomic mass is 16.6. The number of nitro groups is 1.